The van der Waals surface area contributed by atoms with Crippen LogP contribution in [0.15, 0.2) is 84.2 Å². The van der Waals surface area contributed by atoms with Gasteiger partial charge in [-0.15, -0.1) is 0 Å². The predicted octanol–water partition coefficient (Wildman–Crippen LogP) is 3.06. The van der Waals surface area contributed by atoms with Crippen LogP contribution >= 0.6 is 0 Å². The Labute approximate surface area is 144 Å². The summed E-state index contributed by atoms with van der Waals surface area (Å²) in [5, 5.41) is 1.69. The highest BCUT2D eigenvalue weighted by molar-refractivity contribution is 7.86. The van der Waals surface area contributed by atoms with Crippen molar-refractivity contribution < 1.29 is 22.1 Å². The maximum absolute atomic E-state index is 11.8. The van der Waals surface area contributed by atoms with Gasteiger partial charge < -0.3 is 8.92 Å². The minimum absolute atomic E-state index is 0.248. The van der Waals surface area contributed by atoms with Crippen LogP contribution in [0.3, 0.4) is 0 Å². The second kappa shape index (κ2) is 7.14. The molecule has 0 aliphatic rings. The molecule has 6 nitrogen and oxygen atoms in total. The molecule has 0 spiro atoms. The van der Waals surface area contributed by atoms with E-state index in [-0.39, 0.29) is 5.03 Å². The van der Waals surface area contributed by atoms with Gasteiger partial charge in [0.05, 0.1) is 6.08 Å². The van der Waals surface area contributed by atoms with Crippen molar-refractivity contribution in [3.8, 4) is 5.75 Å². The fraction of sp³-hybridized carbons (Fsp3) is 0. The normalized spacial score (nSPS) is 11.5. The van der Waals surface area contributed by atoms with Crippen LogP contribution in [0.1, 0.15) is 0 Å². The molecule has 1 heterocycles. The number of hydrogen-bond acceptors (Lipinski definition) is 6. The average Bonchev–Trinajstić information content (AvgIpc) is 2.62. The summed E-state index contributed by atoms with van der Waals surface area (Å²) in [4.78, 5) is 15.5. The molecular weight excluding hydrogens is 342 g/mol. The molecule has 3 aromatic rings. The van der Waals surface area contributed by atoms with Crippen LogP contribution in [0.25, 0.3) is 10.8 Å². The number of carbonyl (C=O) groups excluding carboxylic acids is 1. The van der Waals surface area contributed by atoms with E-state index in [1.54, 1.807) is 18.2 Å². The highest BCUT2D eigenvalue weighted by Crippen LogP contribution is 2.20. The molecule has 0 amide bonds. The van der Waals surface area contributed by atoms with E-state index in [2.05, 4.69) is 9.17 Å². The number of ether oxygens (including phenoxy) is 1. The summed E-state index contributed by atoms with van der Waals surface area (Å²) in [7, 11) is -4.06. The summed E-state index contributed by atoms with van der Waals surface area (Å²) in [6, 6.07) is 17.2. The summed E-state index contributed by atoms with van der Waals surface area (Å²) in [6.45, 7) is 0. The molecule has 25 heavy (non-hydrogen) atoms. The zero-order valence-electron chi connectivity index (χ0n) is 12.9. The molecule has 126 valence electrons. The molecule has 0 fully saturated rings. The Bertz CT molecular complexity index is 1030. The number of esters is 1. The SMILES string of the molecule is O=C(C=COS(=O)(=O)c1ccccn1)Oc1ccc2ccccc2c1. The topological polar surface area (TPSA) is 82.6 Å². The molecule has 0 radical (unpaired) electrons. The number of rotatable bonds is 5. The van der Waals surface area contributed by atoms with Crippen LogP contribution in [0, 0.1) is 0 Å². The van der Waals surface area contributed by atoms with Crippen molar-refractivity contribution in [2.45, 2.75) is 5.03 Å². The van der Waals surface area contributed by atoms with E-state index in [9.17, 15) is 13.2 Å². The van der Waals surface area contributed by atoms with Gasteiger partial charge in [-0.05, 0) is 35.0 Å². The standard InChI is InChI=1S/C18H13NO5S/c20-18(10-12-23-25(21,22)17-7-3-4-11-19-17)24-16-9-8-14-5-1-2-6-15(14)13-16/h1-13H. The van der Waals surface area contributed by atoms with E-state index in [0.29, 0.717) is 5.75 Å². The molecule has 0 atom stereocenters. The molecular formula is C18H13NO5S. The number of benzene rings is 2. The summed E-state index contributed by atoms with van der Waals surface area (Å²) in [5.41, 5.74) is 0. The minimum Gasteiger partial charge on any atom is -0.423 e. The largest absolute Gasteiger partial charge is 0.423 e. The van der Waals surface area contributed by atoms with Crippen molar-refractivity contribution >= 4 is 26.9 Å². The molecule has 0 aliphatic heterocycles. The fourth-order valence-corrected chi connectivity index (χ4v) is 2.82. The first-order chi connectivity index (χ1) is 12.0. The van der Waals surface area contributed by atoms with Gasteiger partial charge in [0.25, 0.3) is 0 Å². The third kappa shape index (κ3) is 4.21. The number of aromatic nitrogens is 1. The van der Waals surface area contributed by atoms with Crippen LogP contribution in [0.5, 0.6) is 5.75 Å². The lowest BCUT2D eigenvalue weighted by Crippen LogP contribution is -2.07. The molecule has 0 N–H and O–H groups in total. The highest BCUT2D eigenvalue weighted by atomic mass is 32.2. The lowest BCUT2D eigenvalue weighted by molar-refractivity contribution is -0.129. The molecule has 1 aromatic heterocycles. The van der Waals surface area contributed by atoms with Gasteiger partial charge in [0, 0.05) is 6.20 Å². The number of fused-ring (bicyclic) bond motifs is 1. The van der Waals surface area contributed by atoms with Crippen molar-refractivity contribution in [2.24, 2.45) is 0 Å². The smallest absolute Gasteiger partial charge is 0.356 e. The van der Waals surface area contributed by atoms with Crippen molar-refractivity contribution in [2.75, 3.05) is 0 Å². The van der Waals surface area contributed by atoms with Gasteiger partial charge in [-0.3, -0.25) is 0 Å². The number of hydrogen-bond donors (Lipinski definition) is 0. The summed E-state index contributed by atoms with van der Waals surface area (Å²) >= 11 is 0. The van der Waals surface area contributed by atoms with E-state index in [1.807, 2.05) is 30.3 Å². The third-order valence-electron chi connectivity index (χ3n) is 3.22. The van der Waals surface area contributed by atoms with Crippen molar-refractivity contribution in [1.29, 1.82) is 0 Å². The van der Waals surface area contributed by atoms with E-state index in [4.69, 9.17) is 4.74 Å². The van der Waals surface area contributed by atoms with Crippen LogP contribution in [0.4, 0.5) is 0 Å². The monoisotopic (exact) mass is 355 g/mol. The van der Waals surface area contributed by atoms with Crippen molar-refractivity contribution in [1.82, 2.24) is 4.98 Å². The molecule has 0 aliphatic carbocycles. The Morgan fingerprint density at radius 3 is 2.48 bits per heavy atom. The van der Waals surface area contributed by atoms with Crippen LogP contribution in [-0.4, -0.2) is 19.4 Å². The molecule has 2 aromatic carbocycles. The lowest BCUT2D eigenvalue weighted by atomic mass is 10.1. The number of carbonyl (C=O) groups is 1. The fourth-order valence-electron chi connectivity index (χ4n) is 2.08. The van der Waals surface area contributed by atoms with Crippen LogP contribution in [0.2, 0.25) is 0 Å². The van der Waals surface area contributed by atoms with Crippen LogP contribution < -0.4 is 4.74 Å². The van der Waals surface area contributed by atoms with E-state index < -0.39 is 16.1 Å². The van der Waals surface area contributed by atoms with E-state index in [1.165, 1.54) is 18.3 Å². The van der Waals surface area contributed by atoms with E-state index in [0.717, 1.165) is 23.1 Å². The maximum Gasteiger partial charge on any atom is 0.356 e. The van der Waals surface area contributed by atoms with Crippen molar-refractivity contribution in [3.05, 3.63) is 79.2 Å². The molecule has 0 unspecified atom stereocenters. The number of nitrogens with zero attached hydrogens (tertiary/aromatic N) is 1. The Morgan fingerprint density at radius 2 is 1.72 bits per heavy atom. The average molecular weight is 355 g/mol. The zero-order valence-corrected chi connectivity index (χ0v) is 13.7. The Balaban J connectivity index is 1.64. The Morgan fingerprint density at radius 1 is 0.960 bits per heavy atom. The molecule has 0 saturated carbocycles. The van der Waals surface area contributed by atoms with Gasteiger partial charge in [0.2, 0.25) is 0 Å². The van der Waals surface area contributed by atoms with E-state index >= 15 is 0 Å². The first kappa shape index (κ1) is 16.7. The summed E-state index contributed by atoms with van der Waals surface area (Å²) < 4.78 is 33.4. The Hall–Kier alpha value is -3.19. The Kier molecular flexibility index (Phi) is 4.76. The lowest BCUT2D eigenvalue weighted by Gasteiger charge is -2.04. The van der Waals surface area contributed by atoms with Gasteiger partial charge in [-0.1, -0.05) is 36.4 Å². The second-order valence-electron chi connectivity index (χ2n) is 4.95. The molecule has 0 bridgehead atoms. The molecule has 7 heteroatoms. The third-order valence-corrected chi connectivity index (χ3v) is 4.34. The second-order valence-corrected chi connectivity index (χ2v) is 6.47. The highest BCUT2D eigenvalue weighted by Gasteiger charge is 2.15. The van der Waals surface area contributed by atoms with Gasteiger partial charge in [-0.2, -0.15) is 8.42 Å². The number of pyridine rings is 1. The molecule has 0 saturated heterocycles. The van der Waals surface area contributed by atoms with Crippen molar-refractivity contribution in [3.63, 3.8) is 0 Å². The zero-order chi connectivity index (χ0) is 17.7. The summed E-state index contributed by atoms with van der Waals surface area (Å²) in [5.74, 6) is -0.410. The van der Waals surface area contributed by atoms with Gasteiger partial charge in [-0.25, -0.2) is 9.78 Å². The van der Waals surface area contributed by atoms with Gasteiger partial charge >= 0.3 is 16.1 Å². The first-order valence-corrected chi connectivity index (χ1v) is 8.67. The molecule has 3 rings (SSSR count). The van der Waals surface area contributed by atoms with Crippen LogP contribution in [-0.2, 0) is 19.1 Å². The quantitative estimate of drug-likeness (QED) is 0.230. The minimum atomic E-state index is -4.06. The maximum atomic E-state index is 11.8. The summed E-state index contributed by atoms with van der Waals surface area (Å²) in [6.07, 6.45) is 2.97. The van der Waals surface area contributed by atoms with Gasteiger partial charge in [0.15, 0.2) is 5.03 Å². The van der Waals surface area contributed by atoms with Gasteiger partial charge in [0.1, 0.15) is 12.0 Å². The predicted molar refractivity (Wildman–Crippen MR) is 91.2 cm³/mol. The first-order valence-electron chi connectivity index (χ1n) is 7.26.